The van der Waals surface area contributed by atoms with Crippen LogP contribution in [0, 0.1) is 0 Å². The number of likely N-dealkylation sites (tertiary alicyclic amines) is 1. The van der Waals surface area contributed by atoms with E-state index in [0.29, 0.717) is 17.6 Å². The zero-order chi connectivity index (χ0) is 17.2. The van der Waals surface area contributed by atoms with Crippen molar-refractivity contribution in [2.45, 2.75) is 25.4 Å². The van der Waals surface area contributed by atoms with Gasteiger partial charge in [-0.1, -0.05) is 12.1 Å². The minimum absolute atomic E-state index is 0.0386. The number of benzene rings is 1. The maximum absolute atomic E-state index is 12.8. The summed E-state index contributed by atoms with van der Waals surface area (Å²) in [4.78, 5) is 35.1. The Labute approximate surface area is 144 Å². The normalized spacial score (nSPS) is 17.8. The van der Waals surface area contributed by atoms with E-state index in [2.05, 4.69) is 9.97 Å². The largest absolute Gasteiger partial charge is 0.339 e. The number of hydrogen-bond acceptors (Lipinski definition) is 4. The lowest BCUT2D eigenvalue weighted by Gasteiger charge is -2.33. The van der Waals surface area contributed by atoms with Crippen LogP contribution in [-0.2, 0) is 11.3 Å². The molecule has 0 saturated carbocycles. The molecule has 1 amide bonds. The van der Waals surface area contributed by atoms with Crippen LogP contribution < -0.4 is 5.56 Å². The number of fused-ring (bicyclic) bond motifs is 1. The molecule has 7 heteroatoms. The van der Waals surface area contributed by atoms with Crippen molar-refractivity contribution in [3.8, 4) is 0 Å². The van der Waals surface area contributed by atoms with Gasteiger partial charge in [-0.3, -0.25) is 14.2 Å². The van der Waals surface area contributed by atoms with Gasteiger partial charge in [0, 0.05) is 25.5 Å². The lowest BCUT2D eigenvalue weighted by Crippen LogP contribution is -2.43. The van der Waals surface area contributed by atoms with Crippen LogP contribution in [0.5, 0.6) is 0 Å². The molecule has 2 aromatic heterocycles. The summed E-state index contributed by atoms with van der Waals surface area (Å²) in [5.74, 6) is -0.0386. The van der Waals surface area contributed by atoms with Gasteiger partial charge in [0.2, 0.25) is 5.91 Å². The van der Waals surface area contributed by atoms with E-state index in [9.17, 15) is 9.59 Å². The average molecular weight is 337 g/mol. The minimum atomic E-state index is -0.254. The molecule has 7 nitrogen and oxygen atoms in total. The molecular weight excluding hydrogens is 318 g/mol. The molecule has 0 bridgehead atoms. The first kappa shape index (κ1) is 15.6. The van der Waals surface area contributed by atoms with Gasteiger partial charge in [0.15, 0.2) is 0 Å². The molecule has 1 unspecified atom stereocenters. The molecule has 3 aromatic rings. The fourth-order valence-corrected chi connectivity index (χ4v) is 3.42. The number of carbonyl (C=O) groups is 1. The van der Waals surface area contributed by atoms with Crippen LogP contribution in [0.3, 0.4) is 0 Å². The van der Waals surface area contributed by atoms with Crippen LogP contribution in [0.2, 0.25) is 0 Å². The van der Waals surface area contributed by atoms with Gasteiger partial charge >= 0.3 is 0 Å². The highest BCUT2D eigenvalue weighted by Crippen LogP contribution is 2.21. The van der Waals surface area contributed by atoms with E-state index >= 15 is 0 Å². The molecule has 1 aromatic carbocycles. The van der Waals surface area contributed by atoms with E-state index in [1.54, 1.807) is 12.5 Å². The molecule has 1 saturated heterocycles. The van der Waals surface area contributed by atoms with Crippen LogP contribution in [0.15, 0.2) is 54.0 Å². The summed E-state index contributed by atoms with van der Waals surface area (Å²) in [5, 5.41) is 0. The Morgan fingerprint density at radius 3 is 3.00 bits per heavy atom. The topological polar surface area (TPSA) is 73.0 Å². The number of piperidine rings is 1. The average Bonchev–Trinajstić information content (AvgIpc) is 3.19. The van der Waals surface area contributed by atoms with E-state index in [1.165, 1.54) is 10.8 Å². The van der Waals surface area contributed by atoms with Crippen molar-refractivity contribution in [1.82, 2.24) is 24.0 Å². The predicted octanol–water partition coefficient (Wildman–Crippen LogP) is 1.46. The molecular formula is C18H19N5O2. The fourth-order valence-electron chi connectivity index (χ4n) is 3.42. The number of hydrogen-bond donors (Lipinski definition) is 0. The number of imidazole rings is 1. The quantitative estimate of drug-likeness (QED) is 0.725. The second-order valence-corrected chi connectivity index (χ2v) is 6.32. The molecule has 0 spiro atoms. The molecule has 0 N–H and O–H groups in total. The van der Waals surface area contributed by atoms with Crippen molar-refractivity contribution in [2.24, 2.45) is 0 Å². The second kappa shape index (κ2) is 6.51. The van der Waals surface area contributed by atoms with Crippen molar-refractivity contribution in [3.63, 3.8) is 0 Å². The molecule has 25 heavy (non-hydrogen) atoms. The maximum atomic E-state index is 12.8. The number of para-hydroxylation sites is 2. The third kappa shape index (κ3) is 3.05. The molecule has 1 atom stereocenters. The first-order valence-corrected chi connectivity index (χ1v) is 8.42. The van der Waals surface area contributed by atoms with Crippen LogP contribution in [0.1, 0.15) is 18.9 Å². The number of rotatable bonds is 3. The van der Waals surface area contributed by atoms with Crippen molar-refractivity contribution < 1.29 is 4.79 Å². The van der Waals surface area contributed by atoms with Crippen molar-refractivity contribution in [2.75, 3.05) is 13.1 Å². The summed E-state index contributed by atoms with van der Waals surface area (Å²) >= 11 is 0. The molecule has 4 rings (SSSR count). The molecule has 1 aliphatic heterocycles. The zero-order valence-corrected chi connectivity index (χ0v) is 13.8. The summed E-state index contributed by atoms with van der Waals surface area (Å²) in [6, 6.07) is 7.62. The third-order valence-electron chi connectivity index (χ3n) is 4.74. The van der Waals surface area contributed by atoms with Crippen LogP contribution >= 0.6 is 0 Å². The van der Waals surface area contributed by atoms with Crippen LogP contribution in [0.4, 0.5) is 0 Å². The molecule has 1 fully saturated rings. The van der Waals surface area contributed by atoms with Crippen LogP contribution in [0.25, 0.3) is 11.0 Å². The maximum Gasteiger partial charge on any atom is 0.269 e. The number of amides is 1. The van der Waals surface area contributed by atoms with E-state index in [1.807, 2.05) is 39.9 Å². The Morgan fingerprint density at radius 2 is 2.16 bits per heavy atom. The number of nitrogens with zero attached hydrogens (tertiary/aromatic N) is 5. The van der Waals surface area contributed by atoms with Gasteiger partial charge in [0.25, 0.3) is 5.56 Å². The Bertz CT molecular complexity index is 948. The van der Waals surface area contributed by atoms with E-state index < -0.39 is 0 Å². The SMILES string of the molecule is O=C(Cn1c(=O)cnc2ccccc21)N1CCCC(n2ccnc2)C1. The molecule has 3 heterocycles. The summed E-state index contributed by atoms with van der Waals surface area (Å²) in [5.41, 5.74) is 1.14. The standard InChI is InChI=1S/C18H19N5O2/c24-17-10-20-15-5-1-2-6-16(15)23(17)12-18(25)21-8-3-4-14(11-21)22-9-7-19-13-22/h1-2,5-7,9-10,13-14H,3-4,8,11-12H2. The van der Waals surface area contributed by atoms with Gasteiger partial charge in [-0.05, 0) is 25.0 Å². The molecule has 1 aliphatic rings. The van der Waals surface area contributed by atoms with Gasteiger partial charge < -0.3 is 9.47 Å². The van der Waals surface area contributed by atoms with Crippen molar-refractivity contribution >= 4 is 16.9 Å². The zero-order valence-electron chi connectivity index (χ0n) is 13.8. The van der Waals surface area contributed by atoms with Gasteiger partial charge in [-0.15, -0.1) is 0 Å². The Kier molecular flexibility index (Phi) is 4.05. The molecule has 0 aliphatic carbocycles. The summed E-state index contributed by atoms with van der Waals surface area (Å²) in [7, 11) is 0. The van der Waals surface area contributed by atoms with Gasteiger partial charge in [-0.25, -0.2) is 9.97 Å². The summed E-state index contributed by atoms with van der Waals surface area (Å²) in [6.45, 7) is 1.41. The predicted molar refractivity (Wildman–Crippen MR) is 93.1 cm³/mol. The number of aromatic nitrogens is 4. The Hall–Kier alpha value is -2.96. The third-order valence-corrected chi connectivity index (χ3v) is 4.74. The first-order valence-electron chi connectivity index (χ1n) is 8.42. The van der Waals surface area contributed by atoms with E-state index in [4.69, 9.17) is 0 Å². The van der Waals surface area contributed by atoms with Gasteiger partial charge in [-0.2, -0.15) is 0 Å². The minimum Gasteiger partial charge on any atom is -0.339 e. The lowest BCUT2D eigenvalue weighted by molar-refractivity contribution is -0.133. The smallest absolute Gasteiger partial charge is 0.269 e. The van der Waals surface area contributed by atoms with E-state index in [-0.39, 0.29) is 24.1 Å². The fraction of sp³-hybridized carbons (Fsp3) is 0.333. The Balaban J connectivity index is 1.56. The molecule has 128 valence electrons. The van der Waals surface area contributed by atoms with E-state index in [0.717, 1.165) is 19.4 Å². The highest BCUT2D eigenvalue weighted by Gasteiger charge is 2.25. The number of carbonyl (C=O) groups excluding carboxylic acids is 1. The Morgan fingerprint density at radius 1 is 1.28 bits per heavy atom. The van der Waals surface area contributed by atoms with Gasteiger partial charge in [0.1, 0.15) is 6.54 Å². The van der Waals surface area contributed by atoms with Gasteiger partial charge in [0.05, 0.1) is 29.6 Å². The monoisotopic (exact) mass is 337 g/mol. The van der Waals surface area contributed by atoms with Crippen molar-refractivity contribution in [1.29, 1.82) is 0 Å². The van der Waals surface area contributed by atoms with Crippen molar-refractivity contribution in [3.05, 3.63) is 59.5 Å². The summed E-state index contributed by atoms with van der Waals surface area (Å²) in [6.07, 6.45) is 8.72. The molecule has 0 radical (unpaired) electrons. The highest BCUT2D eigenvalue weighted by molar-refractivity contribution is 5.80. The van der Waals surface area contributed by atoms with Crippen LogP contribution in [-0.4, -0.2) is 43.0 Å². The second-order valence-electron chi connectivity index (χ2n) is 6.32. The summed E-state index contributed by atoms with van der Waals surface area (Å²) < 4.78 is 3.55. The highest BCUT2D eigenvalue weighted by atomic mass is 16.2. The first-order chi connectivity index (χ1) is 12.2. The lowest BCUT2D eigenvalue weighted by atomic mass is 10.1.